The highest BCUT2D eigenvalue weighted by Crippen LogP contribution is 2.26. The minimum Gasteiger partial charge on any atom is -0.394 e. The lowest BCUT2D eigenvalue weighted by atomic mass is 10.2. The lowest BCUT2D eigenvalue weighted by molar-refractivity contribution is 0.276. The van der Waals surface area contributed by atoms with Gasteiger partial charge in [0.25, 0.3) is 0 Å². The summed E-state index contributed by atoms with van der Waals surface area (Å²) in [6, 6.07) is 9.49. The molecule has 1 unspecified atom stereocenters. The fourth-order valence-corrected chi connectivity index (χ4v) is 2.32. The molecular formula is C11H11ClN2OS. The van der Waals surface area contributed by atoms with Crippen molar-refractivity contribution in [3.05, 3.63) is 45.9 Å². The molecule has 1 aromatic heterocycles. The average Bonchev–Trinajstić information content (AvgIpc) is 2.74. The van der Waals surface area contributed by atoms with Gasteiger partial charge in [-0.3, -0.25) is 0 Å². The lowest BCUT2D eigenvalue weighted by Gasteiger charge is -2.14. The Labute approximate surface area is 103 Å². The molecule has 0 saturated heterocycles. The molecule has 1 aromatic carbocycles. The number of aliphatic hydroxyl groups excluding tert-OH is 1. The number of thiazole rings is 1. The zero-order chi connectivity index (χ0) is 11.4. The Morgan fingerprint density at radius 3 is 2.69 bits per heavy atom. The highest BCUT2D eigenvalue weighted by molar-refractivity contribution is 7.15. The van der Waals surface area contributed by atoms with Gasteiger partial charge in [-0.25, -0.2) is 4.98 Å². The van der Waals surface area contributed by atoms with Gasteiger partial charge in [0.2, 0.25) is 0 Å². The molecule has 1 heterocycles. The zero-order valence-corrected chi connectivity index (χ0v) is 10.0. The molecule has 0 aliphatic carbocycles. The van der Waals surface area contributed by atoms with Crippen LogP contribution in [0.15, 0.2) is 36.5 Å². The van der Waals surface area contributed by atoms with Crippen molar-refractivity contribution in [1.29, 1.82) is 0 Å². The fourth-order valence-electron chi connectivity index (χ4n) is 1.35. The van der Waals surface area contributed by atoms with Crippen LogP contribution in [0.4, 0.5) is 5.69 Å². The van der Waals surface area contributed by atoms with E-state index in [1.54, 1.807) is 6.20 Å². The van der Waals surface area contributed by atoms with Crippen molar-refractivity contribution in [2.45, 2.75) is 6.04 Å². The van der Waals surface area contributed by atoms with E-state index in [0.717, 1.165) is 10.7 Å². The molecule has 0 saturated carbocycles. The van der Waals surface area contributed by atoms with Crippen LogP contribution in [0.2, 0.25) is 4.34 Å². The standard InChI is InChI=1S/C11H11ClN2OS/c12-10-6-13-11(16-10)9(7-15)14-8-4-2-1-3-5-8/h1-6,9,14-15H,7H2. The number of para-hydroxylation sites is 1. The van der Waals surface area contributed by atoms with Gasteiger partial charge in [-0.15, -0.1) is 11.3 Å². The molecule has 0 aliphatic heterocycles. The number of benzene rings is 1. The van der Waals surface area contributed by atoms with Gasteiger partial charge in [-0.2, -0.15) is 0 Å². The van der Waals surface area contributed by atoms with Gasteiger partial charge in [0.05, 0.1) is 12.8 Å². The maximum Gasteiger partial charge on any atom is 0.119 e. The summed E-state index contributed by atoms with van der Waals surface area (Å²) in [6.07, 6.45) is 1.59. The normalized spacial score (nSPS) is 12.4. The van der Waals surface area contributed by atoms with Crippen LogP contribution in [0.1, 0.15) is 11.0 Å². The van der Waals surface area contributed by atoms with E-state index in [9.17, 15) is 5.11 Å². The van der Waals surface area contributed by atoms with Crippen molar-refractivity contribution in [2.24, 2.45) is 0 Å². The highest BCUT2D eigenvalue weighted by atomic mass is 35.5. The summed E-state index contributed by atoms with van der Waals surface area (Å²) in [5.74, 6) is 0. The smallest absolute Gasteiger partial charge is 0.119 e. The van der Waals surface area contributed by atoms with Crippen molar-refractivity contribution in [1.82, 2.24) is 4.98 Å². The van der Waals surface area contributed by atoms with Gasteiger partial charge in [-0.1, -0.05) is 29.8 Å². The summed E-state index contributed by atoms with van der Waals surface area (Å²) in [7, 11) is 0. The third-order valence-electron chi connectivity index (χ3n) is 2.09. The Bertz CT molecular complexity index is 446. The predicted molar refractivity (Wildman–Crippen MR) is 67.0 cm³/mol. The SMILES string of the molecule is OCC(Nc1ccccc1)c1ncc(Cl)s1. The Morgan fingerprint density at radius 1 is 1.38 bits per heavy atom. The third kappa shape index (κ3) is 2.72. The van der Waals surface area contributed by atoms with Crippen LogP contribution in [-0.2, 0) is 0 Å². The van der Waals surface area contributed by atoms with Crippen LogP contribution < -0.4 is 5.32 Å². The Kier molecular flexibility index (Phi) is 3.77. The van der Waals surface area contributed by atoms with Crippen molar-refractivity contribution >= 4 is 28.6 Å². The van der Waals surface area contributed by atoms with Crippen molar-refractivity contribution in [3.63, 3.8) is 0 Å². The molecule has 0 amide bonds. The van der Waals surface area contributed by atoms with E-state index in [0.29, 0.717) is 4.34 Å². The maximum atomic E-state index is 9.31. The molecule has 2 aromatic rings. The number of rotatable bonds is 4. The van der Waals surface area contributed by atoms with E-state index in [2.05, 4.69) is 10.3 Å². The van der Waals surface area contributed by atoms with E-state index < -0.39 is 0 Å². The molecule has 0 bridgehead atoms. The zero-order valence-electron chi connectivity index (χ0n) is 8.43. The highest BCUT2D eigenvalue weighted by Gasteiger charge is 2.13. The third-order valence-corrected chi connectivity index (χ3v) is 3.32. The largest absolute Gasteiger partial charge is 0.394 e. The summed E-state index contributed by atoms with van der Waals surface area (Å²) >= 11 is 7.18. The number of anilines is 1. The van der Waals surface area contributed by atoms with Crippen LogP contribution in [0.5, 0.6) is 0 Å². The fraction of sp³-hybridized carbons (Fsp3) is 0.182. The number of aliphatic hydroxyl groups is 1. The van der Waals surface area contributed by atoms with Gasteiger partial charge >= 0.3 is 0 Å². The lowest BCUT2D eigenvalue weighted by Crippen LogP contribution is -2.14. The van der Waals surface area contributed by atoms with Gasteiger partial charge < -0.3 is 10.4 Å². The Morgan fingerprint density at radius 2 is 2.12 bits per heavy atom. The molecule has 84 valence electrons. The Hall–Kier alpha value is -1.10. The first-order valence-corrected chi connectivity index (χ1v) is 6.02. The maximum absolute atomic E-state index is 9.31. The first-order chi connectivity index (χ1) is 7.79. The van der Waals surface area contributed by atoms with Gasteiger partial charge in [0.15, 0.2) is 0 Å². The van der Waals surface area contributed by atoms with Crippen LogP contribution in [0.25, 0.3) is 0 Å². The molecule has 0 spiro atoms. The number of nitrogens with zero attached hydrogens (tertiary/aromatic N) is 1. The van der Waals surface area contributed by atoms with Crippen LogP contribution >= 0.6 is 22.9 Å². The average molecular weight is 255 g/mol. The molecule has 2 rings (SSSR count). The molecule has 16 heavy (non-hydrogen) atoms. The van der Waals surface area contributed by atoms with E-state index in [-0.39, 0.29) is 12.6 Å². The van der Waals surface area contributed by atoms with Gasteiger partial charge in [-0.05, 0) is 12.1 Å². The second-order valence-corrected chi connectivity index (χ2v) is 4.94. The van der Waals surface area contributed by atoms with Crippen molar-refractivity contribution < 1.29 is 5.11 Å². The summed E-state index contributed by atoms with van der Waals surface area (Å²) in [4.78, 5) is 4.15. The van der Waals surface area contributed by atoms with Crippen LogP contribution in [0.3, 0.4) is 0 Å². The first-order valence-electron chi connectivity index (χ1n) is 4.83. The molecule has 0 radical (unpaired) electrons. The van der Waals surface area contributed by atoms with Crippen molar-refractivity contribution in [2.75, 3.05) is 11.9 Å². The second kappa shape index (κ2) is 5.30. The quantitative estimate of drug-likeness (QED) is 0.882. The molecule has 1 atom stereocenters. The van der Waals surface area contributed by atoms with E-state index in [4.69, 9.17) is 11.6 Å². The first kappa shape index (κ1) is 11.4. The number of nitrogens with one attached hydrogen (secondary N) is 1. The van der Waals surface area contributed by atoms with Gasteiger partial charge in [0.1, 0.15) is 15.4 Å². The van der Waals surface area contributed by atoms with E-state index in [1.165, 1.54) is 11.3 Å². The van der Waals surface area contributed by atoms with E-state index in [1.807, 2.05) is 30.3 Å². The molecule has 2 N–H and O–H groups in total. The number of hydrogen-bond acceptors (Lipinski definition) is 4. The minimum absolute atomic E-state index is 0.0151. The monoisotopic (exact) mass is 254 g/mol. The topological polar surface area (TPSA) is 45.1 Å². The number of aromatic nitrogens is 1. The molecule has 0 fully saturated rings. The molecule has 0 aliphatic rings. The van der Waals surface area contributed by atoms with Crippen molar-refractivity contribution in [3.8, 4) is 0 Å². The second-order valence-electron chi connectivity index (χ2n) is 3.25. The molecule has 5 heteroatoms. The van der Waals surface area contributed by atoms with Crippen LogP contribution in [-0.4, -0.2) is 16.7 Å². The summed E-state index contributed by atoms with van der Waals surface area (Å²) < 4.78 is 0.628. The Balaban J connectivity index is 2.12. The predicted octanol–water partition coefficient (Wildman–Crippen LogP) is 2.94. The van der Waals surface area contributed by atoms with E-state index >= 15 is 0 Å². The number of halogens is 1. The molecule has 3 nitrogen and oxygen atoms in total. The number of hydrogen-bond donors (Lipinski definition) is 2. The van der Waals surface area contributed by atoms with Crippen LogP contribution in [0, 0.1) is 0 Å². The summed E-state index contributed by atoms with van der Waals surface area (Å²) in [6.45, 7) is -0.0151. The minimum atomic E-state index is -0.208. The summed E-state index contributed by atoms with van der Waals surface area (Å²) in [5.41, 5.74) is 0.952. The van der Waals surface area contributed by atoms with Gasteiger partial charge in [0, 0.05) is 5.69 Å². The summed E-state index contributed by atoms with van der Waals surface area (Å²) in [5, 5.41) is 13.3. The molecular weight excluding hydrogens is 244 g/mol.